The highest BCUT2D eigenvalue weighted by Gasteiger charge is 2.02. The van der Waals surface area contributed by atoms with Gasteiger partial charge in [-0.15, -0.1) is 0 Å². The Morgan fingerprint density at radius 3 is 2.13 bits per heavy atom. The maximum absolute atomic E-state index is 9.60. The van der Waals surface area contributed by atoms with Gasteiger partial charge in [0.05, 0.1) is 19.8 Å². The average molecular weight is 222 g/mol. The van der Waals surface area contributed by atoms with E-state index in [1.54, 1.807) is 0 Å². The number of carboxylic acid groups (broad SMARTS) is 1. The first-order valence-corrected chi connectivity index (χ1v) is 4.24. The molecule has 90 valence electrons. The van der Waals surface area contributed by atoms with Crippen molar-refractivity contribution in [2.75, 3.05) is 26.9 Å². The van der Waals surface area contributed by atoms with Gasteiger partial charge in [-0.05, 0) is 6.92 Å². The number of aliphatic carboxylic acids is 1. The topological polar surface area (TPSA) is 96.2 Å². The quantitative estimate of drug-likeness (QED) is 0.418. The first-order valence-electron chi connectivity index (χ1n) is 4.24. The fourth-order valence-corrected chi connectivity index (χ4v) is 0.379. The van der Waals surface area contributed by atoms with Gasteiger partial charge in [0.25, 0.3) is 0 Å². The summed E-state index contributed by atoms with van der Waals surface area (Å²) in [7, 11) is 1.43. The lowest BCUT2D eigenvalue weighted by molar-refractivity contribution is -0.150. The number of ether oxygens (including phenoxy) is 2. The third kappa shape index (κ3) is 13.1. The SMILES string of the molecule is C=C(C)C(=O)O.COC(CO)OCCO. The van der Waals surface area contributed by atoms with Crippen molar-refractivity contribution in [3.8, 4) is 0 Å². The van der Waals surface area contributed by atoms with E-state index in [0.717, 1.165) is 0 Å². The van der Waals surface area contributed by atoms with E-state index in [-0.39, 0.29) is 25.4 Å². The second kappa shape index (κ2) is 11.1. The minimum absolute atomic E-state index is 0.0557. The van der Waals surface area contributed by atoms with E-state index in [0.29, 0.717) is 0 Å². The van der Waals surface area contributed by atoms with Crippen LogP contribution in [-0.4, -0.2) is 54.5 Å². The molecule has 1 unspecified atom stereocenters. The highest BCUT2D eigenvalue weighted by Crippen LogP contribution is 1.89. The van der Waals surface area contributed by atoms with Gasteiger partial charge in [-0.3, -0.25) is 0 Å². The molecular formula is C9H18O6. The van der Waals surface area contributed by atoms with Crippen molar-refractivity contribution in [3.05, 3.63) is 12.2 Å². The van der Waals surface area contributed by atoms with Gasteiger partial charge in [0.2, 0.25) is 0 Å². The van der Waals surface area contributed by atoms with Gasteiger partial charge in [0, 0.05) is 12.7 Å². The molecule has 0 bridgehead atoms. The molecule has 1 atom stereocenters. The number of rotatable bonds is 6. The zero-order valence-corrected chi connectivity index (χ0v) is 8.97. The van der Waals surface area contributed by atoms with E-state index in [2.05, 4.69) is 11.3 Å². The van der Waals surface area contributed by atoms with Gasteiger partial charge in [0.15, 0.2) is 6.29 Å². The van der Waals surface area contributed by atoms with Crippen molar-refractivity contribution >= 4 is 5.97 Å². The van der Waals surface area contributed by atoms with E-state index in [1.807, 2.05) is 0 Å². The highest BCUT2D eigenvalue weighted by molar-refractivity contribution is 5.84. The van der Waals surface area contributed by atoms with Crippen molar-refractivity contribution in [3.63, 3.8) is 0 Å². The Bertz CT molecular complexity index is 163. The van der Waals surface area contributed by atoms with Crippen LogP contribution in [0.25, 0.3) is 0 Å². The van der Waals surface area contributed by atoms with Crippen LogP contribution in [0.5, 0.6) is 0 Å². The monoisotopic (exact) mass is 222 g/mol. The van der Waals surface area contributed by atoms with Gasteiger partial charge in [-0.2, -0.15) is 0 Å². The van der Waals surface area contributed by atoms with Crippen molar-refractivity contribution in [2.45, 2.75) is 13.2 Å². The standard InChI is InChI=1S/C5H12O4.C4H6O2/c1-8-5(4-7)9-3-2-6;1-3(2)4(5)6/h5-7H,2-4H2,1H3;1H2,2H3,(H,5,6). The molecule has 0 aliphatic rings. The minimum Gasteiger partial charge on any atom is -0.478 e. The van der Waals surface area contributed by atoms with Crippen LogP contribution in [-0.2, 0) is 14.3 Å². The number of carbonyl (C=O) groups is 1. The lowest BCUT2D eigenvalue weighted by atomic mass is 10.4. The molecule has 0 saturated carbocycles. The molecule has 0 aliphatic heterocycles. The van der Waals surface area contributed by atoms with Crippen LogP contribution >= 0.6 is 0 Å². The number of carboxylic acids is 1. The van der Waals surface area contributed by atoms with Crippen LogP contribution in [0.4, 0.5) is 0 Å². The summed E-state index contributed by atoms with van der Waals surface area (Å²) in [5, 5.41) is 24.6. The fourth-order valence-electron chi connectivity index (χ4n) is 0.379. The molecule has 0 aliphatic carbocycles. The van der Waals surface area contributed by atoms with E-state index in [9.17, 15) is 4.79 Å². The average Bonchev–Trinajstić information content (AvgIpc) is 2.20. The smallest absolute Gasteiger partial charge is 0.330 e. The predicted molar refractivity (Wildman–Crippen MR) is 53.4 cm³/mol. The van der Waals surface area contributed by atoms with Crippen LogP contribution in [0.2, 0.25) is 0 Å². The van der Waals surface area contributed by atoms with Gasteiger partial charge in [-0.1, -0.05) is 6.58 Å². The Morgan fingerprint density at radius 2 is 1.93 bits per heavy atom. The molecule has 0 spiro atoms. The zero-order valence-electron chi connectivity index (χ0n) is 8.97. The Kier molecular flexibility index (Phi) is 12.2. The maximum atomic E-state index is 9.60. The summed E-state index contributed by atoms with van der Waals surface area (Å²) in [4.78, 5) is 9.60. The molecule has 0 heterocycles. The molecule has 0 saturated heterocycles. The van der Waals surface area contributed by atoms with E-state index in [1.165, 1.54) is 14.0 Å². The Morgan fingerprint density at radius 1 is 1.47 bits per heavy atom. The summed E-state index contributed by atoms with van der Waals surface area (Å²) >= 11 is 0. The lowest BCUT2D eigenvalue weighted by Gasteiger charge is -2.11. The Hall–Kier alpha value is -0.950. The molecule has 6 heteroatoms. The molecule has 15 heavy (non-hydrogen) atoms. The second-order valence-corrected chi connectivity index (χ2v) is 2.53. The Balaban J connectivity index is 0. The van der Waals surface area contributed by atoms with Gasteiger partial charge < -0.3 is 24.8 Å². The van der Waals surface area contributed by atoms with Crippen molar-refractivity contribution in [2.24, 2.45) is 0 Å². The number of hydrogen-bond donors (Lipinski definition) is 3. The summed E-state index contributed by atoms with van der Waals surface area (Å²) in [5.74, 6) is -0.935. The van der Waals surface area contributed by atoms with Crippen LogP contribution in [0, 0.1) is 0 Å². The molecule has 0 aromatic heterocycles. The third-order valence-corrected chi connectivity index (χ3v) is 1.17. The summed E-state index contributed by atoms with van der Waals surface area (Å²) in [5.41, 5.74) is 0.176. The maximum Gasteiger partial charge on any atom is 0.330 e. The molecule has 0 fully saturated rings. The number of methoxy groups -OCH3 is 1. The largest absolute Gasteiger partial charge is 0.478 e. The first kappa shape index (κ1) is 16.5. The molecule has 0 aromatic carbocycles. The van der Waals surface area contributed by atoms with Gasteiger partial charge in [0.1, 0.15) is 0 Å². The van der Waals surface area contributed by atoms with Crippen molar-refractivity contribution in [1.29, 1.82) is 0 Å². The first-order chi connectivity index (χ1) is 6.99. The van der Waals surface area contributed by atoms with E-state index < -0.39 is 12.3 Å². The normalized spacial score (nSPS) is 11.2. The zero-order chi connectivity index (χ0) is 12.3. The third-order valence-electron chi connectivity index (χ3n) is 1.17. The van der Waals surface area contributed by atoms with Gasteiger partial charge in [-0.25, -0.2) is 4.79 Å². The van der Waals surface area contributed by atoms with Crippen LogP contribution < -0.4 is 0 Å². The summed E-state index contributed by atoms with van der Waals surface area (Å²) < 4.78 is 9.39. The number of aliphatic hydroxyl groups is 2. The summed E-state index contributed by atoms with van der Waals surface area (Å²) in [6, 6.07) is 0. The Labute approximate surface area is 88.7 Å². The number of aliphatic hydroxyl groups excluding tert-OH is 2. The minimum atomic E-state index is -0.935. The molecule has 0 amide bonds. The predicted octanol–water partition coefficient (Wildman–Crippen LogP) is -0.393. The molecular weight excluding hydrogens is 204 g/mol. The van der Waals surface area contributed by atoms with Crippen molar-refractivity contribution < 1.29 is 29.6 Å². The van der Waals surface area contributed by atoms with Crippen LogP contribution in [0.15, 0.2) is 12.2 Å². The molecule has 6 nitrogen and oxygen atoms in total. The highest BCUT2D eigenvalue weighted by atomic mass is 16.7. The molecule has 0 radical (unpaired) electrons. The summed E-state index contributed by atoms with van der Waals surface area (Å²) in [6.45, 7) is 4.56. The van der Waals surface area contributed by atoms with Crippen molar-refractivity contribution in [1.82, 2.24) is 0 Å². The van der Waals surface area contributed by atoms with Crippen LogP contribution in [0.3, 0.4) is 0 Å². The second-order valence-electron chi connectivity index (χ2n) is 2.53. The van der Waals surface area contributed by atoms with E-state index in [4.69, 9.17) is 20.1 Å². The lowest BCUT2D eigenvalue weighted by Crippen LogP contribution is -2.21. The number of hydrogen-bond acceptors (Lipinski definition) is 5. The molecule has 3 N–H and O–H groups in total. The van der Waals surface area contributed by atoms with Crippen LogP contribution in [0.1, 0.15) is 6.92 Å². The fraction of sp³-hybridized carbons (Fsp3) is 0.667. The summed E-state index contributed by atoms with van der Waals surface area (Å²) in [6.07, 6.45) is -0.600. The molecule has 0 rings (SSSR count). The molecule has 0 aromatic rings. The van der Waals surface area contributed by atoms with E-state index >= 15 is 0 Å². The van der Waals surface area contributed by atoms with Gasteiger partial charge >= 0.3 is 5.97 Å².